The van der Waals surface area contributed by atoms with Crippen LogP contribution in [-0.4, -0.2) is 36.5 Å². The summed E-state index contributed by atoms with van der Waals surface area (Å²) in [6, 6.07) is 16.9. The minimum atomic E-state index is -0.228. The fraction of sp³-hybridized carbons (Fsp3) is 0.429. The number of nitrogens with one attached hydrogen (secondary N) is 1. The third-order valence-corrected chi connectivity index (χ3v) is 7.74. The van der Waals surface area contributed by atoms with Gasteiger partial charge in [0.25, 0.3) is 5.91 Å². The third-order valence-electron chi connectivity index (χ3n) is 7.74. The van der Waals surface area contributed by atoms with E-state index in [4.69, 9.17) is 4.74 Å². The molecular weight excluding hydrogens is 426 g/mol. The summed E-state index contributed by atoms with van der Waals surface area (Å²) in [6.07, 6.45) is 5.03. The number of nitrogens with zero attached hydrogens (tertiary/aromatic N) is 2. The second-order valence-corrected chi connectivity index (χ2v) is 9.51. The summed E-state index contributed by atoms with van der Waals surface area (Å²) in [7, 11) is 0. The Balaban J connectivity index is 1.56. The van der Waals surface area contributed by atoms with E-state index in [9.17, 15) is 10.0 Å². The van der Waals surface area contributed by atoms with Crippen LogP contribution in [0.25, 0.3) is 10.9 Å². The normalized spacial score (nSPS) is 24.6. The third kappa shape index (κ3) is 4.11. The van der Waals surface area contributed by atoms with Crippen molar-refractivity contribution >= 4 is 16.8 Å². The minimum absolute atomic E-state index is 0.147. The Kier molecular flexibility index (Phi) is 6.42. The Morgan fingerprint density at radius 3 is 2.74 bits per heavy atom. The number of hydrogen-bond donors (Lipinski definition) is 1. The number of para-hydroxylation sites is 2. The van der Waals surface area contributed by atoms with Crippen LogP contribution < -0.4 is 14.8 Å². The van der Waals surface area contributed by atoms with E-state index < -0.39 is 0 Å². The van der Waals surface area contributed by atoms with Crippen LogP contribution in [0.5, 0.6) is 5.75 Å². The molecular formula is C28H33N3O3. The van der Waals surface area contributed by atoms with Crippen molar-refractivity contribution in [2.24, 2.45) is 11.8 Å². The molecule has 3 fully saturated rings. The molecule has 6 heteroatoms. The molecule has 3 aliphatic rings. The van der Waals surface area contributed by atoms with Crippen LogP contribution in [0.1, 0.15) is 55.1 Å². The number of carbonyl (C=O) groups is 1. The summed E-state index contributed by atoms with van der Waals surface area (Å²) in [6.45, 7) is 6.82. The summed E-state index contributed by atoms with van der Waals surface area (Å²) < 4.78 is 6.64. The molecule has 4 heterocycles. The number of pyridine rings is 1. The van der Waals surface area contributed by atoms with E-state index in [2.05, 4.69) is 17.1 Å². The van der Waals surface area contributed by atoms with Crippen molar-refractivity contribution in [3.63, 3.8) is 0 Å². The number of amides is 1. The highest BCUT2D eigenvalue weighted by molar-refractivity contribution is 5.97. The molecule has 3 aromatic rings. The van der Waals surface area contributed by atoms with Gasteiger partial charge in [0.2, 0.25) is 5.52 Å². The van der Waals surface area contributed by atoms with Crippen LogP contribution in [0, 0.1) is 17.0 Å². The fourth-order valence-electron chi connectivity index (χ4n) is 6.02. The van der Waals surface area contributed by atoms with Crippen molar-refractivity contribution in [2.45, 2.75) is 45.2 Å². The van der Waals surface area contributed by atoms with Gasteiger partial charge in [-0.25, -0.2) is 0 Å². The lowest BCUT2D eigenvalue weighted by molar-refractivity contribution is -0.577. The maximum absolute atomic E-state index is 13.6. The standard InChI is InChI=1S/C28H33N3O3/c1-3-19-18-30-15-13-20(19)17-25(30)27(22-14-16-31(33)24-11-7-5-9-21(22)24)29-28(32)23-10-6-8-12-26(23)34-4-2/h5-12,14,16,19-20,25,27H,3-4,13,15,17-18H2,1-2H3,(H,29,32)/t19-,20-,25+,27-/m0/s1. The second-order valence-electron chi connectivity index (χ2n) is 9.51. The van der Waals surface area contributed by atoms with Crippen molar-refractivity contribution in [3.8, 4) is 5.75 Å². The van der Waals surface area contributed by atoms with Crippen molar-refractivity contribution < 1.29 is 14.3 Å². The second kappa shape index (κ2) is 9.63. The largest absolute Gasteiger partial charge is 0.618 e. The van der Waals surface area contributed by atoms with Crippen molar-refractivity contribution in [1.82, 2.24) is 10.2 Å². The van der Waals surface area contributed by atoms with Gasteiger partial charge in [0.1, 0.15) is 5.75 Å². The maximum atomic E-state index is 13.6. The first kappa shape index (κ1) is 22.7. The highest BCUT2D eigenvalue weighted by Gasteiger charge is 2.44. The maximum Gasteiger partial charge on any atom is 0.255 e. The topological polar surface area (TPSA) is 68.5 Å². The summed E-state index contributed by atoms with van der Waals surface area (Å²) in [5.74, 6) is 1.84. The van der Waals surface area contributed by atoms with Gasteiger partial charge in [-0.3, -0.25) is 9.69 Å². The molecule has 6 rings (SSSR count). The average molecular weight is 460 g/mol. The quantitative estimate of drug-likeness (QED) is 0.418. The molecule has 1 N–H and O–H groups in total. The van der Waals surface area contributed by atoms with E-state index in [1.165, 1.54) is 12.8 Å². The molecule has 0 saturated carbocycles. The number of piperidine rings is 3. The van der Waals surface area contributed by atoms with E-state index in [1.807, 2.05) is 61.5 Å². The van der Waals surface area contributed by atoms with Gasteiger partial charge in [-0.15, -0.1) is 0 Å². The Hall–Kier alpha value is -3.12. The van der Waals surface area contributed by atoms with Crippen molar-refractivity contribution in [1.29, 1.82) is 0 Å². The predicted molar refractivity (Wildman–Crippen MR) is 133 cm³/mol. The lowest BCUT2D eigenvalue weighted by Crippen LogP contribution is -2.57. The molecule has 0 aliphatic carbocycles. The molecule has 1 aromatic heterocycles. The Morgan fingerprint density at radius 2 is 1.97 bits per heavy atom. The smallest absolute Gasteiger partial charge is 0.255 e. The number of rotatable bonds is 7. The van der Waals surface area contributed by atoms with Gasteiger partial charge in [0.15, 0.2) is 6.20 Å². The molecule has 0 radical (unpaired) electrons. The van der Waals surface area contributed by atoms with Gasteiger partial charge in [-0.2, -0.15) is 4.73 Å². The van der Waals surface area contributed by atoms with Gasteiger partial charge in [0, 0.05) is 24.7 Å². The Labute approximate surface area is 201 Å². The van der Waals surface area contributed by atoms with Crippen LogP contribution in [0.3, 0.4) is 0 Å². The summed E-state index contributed by atoms with van der Waals surface area (Å²) in [5, 5.41) is 16.8. The molecule has 2 aromatic carbocycles. The summed E-state index contributed by atoms with van der Waals surface area (Å²) in [5.41, 5.74) is 2.16. The van der Waals surface area contributed by atoms with Gasteiger partial charge in [0.05, 0.1) is 23.6 Å². The summed E-state index contributed by atoms with van der Waals surface area (Å²) in [4.78, 5) is 16.2. The lowest BCUT2D eigenvalue weighted by atomic mass is 9.72. The fourth-order valence-corrected chi connectivity index (χ4v) is 6.02. The first-order valence-electron chi connectivity index (χ1n) is 12.5. The average Bonchev–Trinajstić information content (AvgIpc) is 2.88. The highest BCUT2D eigenvalue weighted by Crippen LogP contribution is 2.42. The van der Waals surface area contributed by atoms with E-state index >= 15 is 0 Å². The Morgan fingerprint density at radius 1 is 1.18 bits per heavy atom. The van der Waals surface area contributed by atoms with Gasteiger partial charge < -0.3 is 15.3 Å². The SMILES string of the molecule is CCOc1ccccc1C(=O)N[C@@H](c1cc[n+]([O-])c2ccccc12)[C@H]1C[C@@H]2CCN1C[C@@H]2CC. The first-order valence-corrected chi connectivity index (χ1v) is 12.5. The minimum Gasteiger partial charge on any atom is -0.618 e. The zero-order valence-electron chi connectivity index (χ0n) is 19.9. The van der Waals surface area contributed by atoms with E-state index in [1.54, 1.807) is 6.20 Å². The van der Waals surface area contributed by atoms with E-state index in [-0.39, 0.29) is 18.0 Å². The van der Waals surface area contributed by atoms with E-state index in [0.717, 1.165) is 41.1 Å². The zero-order chi connectivity index (χ0) is 23.7. The van der Waals surface area contributed by atoms with E-state index in [0.29, 0.717) is 29.4 Å². The molecule has 1 unspecified atom stereocenters. The number of aromatic nitrogens is 1. The number of hydrogen-bond acceptors (Lipinski definition) is 4. The molecule has 1 amide bonds. The molecule has 2 bridgehead atoms. The zero-order valence-corrected chi connectivity index (χ0v) is 19.9. The predicted octanol–water partition coefficient (Wildman–Crippen LogP) is 4.46. The van der Waals surface area contributed by atoms with Crippen molar-refractivity contribution in [3.05, 3.63) is 77.1 Å². The molecule has 178 valence electrons. The monoisotopic (exact) mass is 459 g/mol. The molecule has 6 nitrogen and oxygen atoms in total. The van der Waals surface area contributed by atoms with Crippen LogP contribution >= 0.6 is 0 Å². The van der Waals surface area contributed by atoms with Gasteiger partial charge in [-0.05, 0) is 61.9 Å². The van der Waals surface area contributed by atoms with Crippen molar-refractivity contribution in [2.75, 3.05) is 19.7 Å². The molecule has 5 atom stereocenters. The number of ether oxygens (including phenoxy) is 1. The summed E-state index contributed by atoms with van der Waals surface area (Å²) >= 11 is 0. The molecule has 0 spiro atoms. The van der Waals surface area contributed by atoms with Gasteiger partial charge in [-0.1, -0.05) is 37.6 Å². The first-order chi connectivity index (χ1) is 16.6. The number of carbonyl (C=O) groups excluding carboxylic acids is 1. The molecule has 3 saturated heterocycles. The number of benzene rings is 2. The molecule has 3 aliphatic heterocycles. The Bertz CT molecular complexity index is 1180. The van der Waals surface area contributed by atoms with Crippen LogP contribution in [0.15, 0.2) is 60.8 Å². The lowest BCUT2D eigenvalue weighted by Gasteiger charge is -2.52. The van der Waals surface area contributed by atoms with Crippen LogP contribution in [0.2, 0.25) is 0 Å². The molecule has 34 heavy (non-hydrogen) atoms. The number of fused-ring (bicyclic) bond motifs is 4. The van der Waals surface area contributed by atoms with Gasteiger partial charge >= 0.3 is 0 Å². The van der Waals surface area contributed by atoms with Crippen LogP contribution in [-0.2, 0) is 0 Å². The highest BCUT2D eigenvalue weighted by atomic mass is 16.5. The van der Waals surface area contributed by atoms with Crippen LogP contribution in [0.4, 0.5) is 0 Å².